The highest BCUT2D eigenvalue weighted by Crippen LogP contribution is 2.74. The van der Waals surface area contributed by atoms with Crippen LogP contribution in [-0.2, 0) is 33.6 Å². The third-order valence-electron chi connectivity index (χ3n) is 5.43. The largest absolute Gasteiger partial charge is 0.507 e. The van der Waals surface area contributed by atoms with Crippen LogP contribution in [0.5, 0.6) is 5.75 Å². The van der Waals surface area contributed by atoms with Gasteiger partial charge in [0.25, 0.3) is 0 Å². The summed E-state index contributed by atoms with van der Waals surface area (Å²) in [4.78, 5) is 0. The predicted molar refractivity (Wildman–Crippen MR) is 145 cm³/mol. The third-order valence-corrected chi connectivity index (χ3v) is 10.7. The van der Waals surface area contributed by atoms with Gasteiger partial charge in [-0.3, -0.25) is 9.13 Å². The molecule has 0 fully saturated rings. The lowest BCUT2D eigenvalue weighted by atomic mass is 9.94. The summed E-state index contributed by atoms with van der Waals surface area (Å²) in [6.07, 6.45) is 1.88. The van der Waals surface area contributed by atoms with Gasteiger partial charge in [-0.2, -0.15) is 0 Å². The molecule has 0 spiro atoms. The third kappa shape index (κ3) is 6.36. The Hall–Kier alpha value is -2.24. The van der Waals surface area contributed by atoms with Crippen LogP contribution in [0.3, 0.4) is 0 Å². The Morgan fingerprint density at radius 3 is 1.81 bits per heavy atom. The van der Waals surface area contributed by atoms with Gasteiger partial charge in [-0.1, -0.05) is 54.6 Å². The second-order valence-corrected chi connectivity index (χ2v) is 12.2. The van der Waals surface area contributed by atoms with E-state index >= 15 is 0 Å². The van der Waals surface area contributed by atoms with E-state index in [1.165, 1.54) is 6.08 Å². The number of phenols is 1. The Labute approximate surface area is 213 Å². The van der Waals surface area contributed by atoms with Gasteiger partial charge >= 0.3 is 15.2 Å². The molecule has 0 aliphatic heterocycles. The molecule has 0 unspecified atom stereocenters. The minimum Gasteiger partial charge on any atom is -0.507 e. The number of rotatable bonds is 13. The summed E-state index contributed by atoms with van der Waals surface area (Å²) in [5.74, 6) is 0.0906. The van der Waals surface area contributed by atoms with Crippen molar-refractivity contribution < 1.29 is 32.3 Å². The van der Waals surface area contributed by atoms with E-state index in [1.807, 2.05) is 60.7 Å². The van der Waals surface area contributed by atoms with Crippen LogP contribution in [0.15, 0.2) is 65.7 Å². The van der Waals surface area contributed by atoms with Gasteiger partial charge in [0.2, 0.25) is 0 Å². The Morgan fingerprint density at radius 2 is 1.28 bits per heavy atom. The quantitative estimate of drug-likeness (QED) is 0.223. The molecule has 0 amide bonds. The highest BCUT2D eigenvalue weighted by Gasteiger charge is 2.45. The standard InChI is InChI=1S/C27H34O7P2/c1-5-31-35(29,32-6-2)26(36(30,33-7-3)34-8-4)20-23-19-22-16-12-13-17-24(22)27(28)25(23)18-21-14-10-9-11-15-21/h9-17,19-20,28H,5-8,18H2,1-4H3. The molecule has 3 rings (SSSR count). The van der Waals surface area contributed by atoms with Crippen molar-refractivity contribution in [1.29, 1.82) is 0 Å². The number of benzene rings is 3. The summed E-state index contributed by atoms with van der Waals surface area (Å²) >= 11 is 0. The van der Waals surface area contributed by atoms with Crippen molar-refractivity contribution in [3.05, 3.63) is 82.4 Å². The van der Waals surface area contributed by atoms with E-state index in [0.717, 1.165) is 10.9 Å². The summed E-state index contributed by atoms with van der Waals surface area (Å²) in [6, 6.07) is 19.0. The van der Waals surface area contributed by atoms with E-state index < -0.39 is 15.2 Å². The van der Waals surface area contributed by atoms with Gasteiger partial charge < -0.3 is 23.2 Å². The Kier molecular flexibility index (Phi) is 10.1. The van der Waals surface area contributed by atoms with Crippen LogP contribution in [0.4, 0.5) is 0 Å². The number of phenolic OH excluding ortho intramolecular Hbond substituents is 1. The molecule has 0 saturated carbocycles. The molecule has 0 aliphatic rings. The first-order chi connectivity index (χ1) is 17.3. The predicted octanol–water partition coefficient (Wildman–Crippen LogP) is 7.97. The van der Waals surface area contributed by atoms with Crippen molar-refractivity contribution in [3.8, 4) is 5.75 Å². The normalized spacial score (nSPS) is 12.1. The maximum atomic E-state index is 14.0. The van der Waals surface area contributed by atoms with Crippen LogP contribution < -0.4 is 0 Å². The SMILES string of the molecule is CCOP(=O)(OCC)C(=Cc1cc2ccccc2c(O)c1Cc1ccccc1)P(=O)(OCC)OCC. The lowest BCUT2D eigenvalue weighted by molar-refractivity contribution is 0.214. The second-order valence-electron chi connectivity index (χ2n) is 7.85. The highest BCUT2D eigenvalue weighted by atomic mass is 31.2. The van der Waals surface area contributed by atoms with Crippen LogP contribution >= 0.6 is 15.2 Å². The molecule has 0 atom stereocenters. The van der Waals surface area contributed by atoms with Crippen molar-refractivity contribution >= 4 is 32.0 Å². The minimum atomic E-state index is -4.09. The van der Waals surface area contributed by atoms with E-state index in [4.69, 9.17) is 18.1 Å². The topological polar surface area (TPSA) is 91.3 Å². The van der Waals surface area contributed by atoms with Crippen LogP contribution in [-0.4, -0.2) is 31.5 Å². The summed E-state index contributed by atoms with van der Waals surface area (Å²) in [7, 11) is -8.17. The number of hydrogen-bond acceptors (Lipinski definition) is 7. The first-order valence-corrected chi connectivity index (χ1v) is 15.2. The first kappa shape index (κ1) is 28.3. The lowest BCUT2D eigenvalue weighted by Gasteiger charge is -2.26. The molecule has 0 aliphatic carbocycles. The maximum Gasteiger partial charge on any atom is 0.369 e. The number of fused-ring (bicyclic) bond motifs is 1. The molecular weight excluding hydrogens is 498 g/mol. The molecule has 7 nitrogen and oxygen atoms in total. The zero-order valence-electron chi connectivity index (χ0n) is 21.2. The Balaban J connectivity index is 2.36. The van der Waals surface area contributed by atoms with Gasteiger partial charge in [-0.15, -0.1) is 0 Å². The van der Waals surface area contributed by atoms with Crippen molar-refractivity contribution in [2.75, 3.05) is 26.4 Å². The molecule has 3 aromatic rings. The maximum absolute atomic E-state index is 14.0. The van der Waals surface area contributed by atoms with E-state index in [9.17, 15) is 14.2 Å². The van der Waals surface area contributed by atoms with Crippen molar-refractivity contribution in [1.82, 2.24) is 0 Å². The molecule has 3 aromatic carbocycles. The van der Waals surface area contributed by atoms with Gasteiger partial charge in [0.15, 0.2) is 5.06 Å². The molecule has 0 heterocycles. The van der Waals surface area contributed by atoms with Gasteiger partial charge in [0, 0.05) is 17.4 Å². The molecule has 0 bridgehead atoms. The average Bonchev–Trinajstić information content (AvgIpc) is 2.86. The Morgan fingerprint density at radius 1 is 0.778 bits per heavy atom. The molecule has 194 valence electrons. The second kappa shape index (κ2) is 12.8. The number of hydrogen-bond donors (Lipinski definition) is 1. The summed E-state index contributed by atoms with van der Waals surface area (Å²) in [5.41, 5.74) is 2.07. The van der Waals surface area contributed by atoms with E-state index in [-0.39, 0.29) is 37.2 Å². The fourth-order valence-corrected chi connectivity index (χ4v) is 8.50. The minimum absolute atomic E-state index is 0.0622. The zero-order valence-corrected chi connectivity index (χ0v) is 23.0. The summed E-state index contributed by atoms with van der Waals surface area (Å²) in [5, 5.41) is 12.6. The van der Waals surface area contributed by atoms with Gasteiger partial charge in [0.1, 0.15) is 5.75 Å². The van der Waals surface area contributed by atoms with Crippen molar-refractivity contribution in [2.24, 2.45) is 0 Å². The molecule has 0 radical (unpaired) electrons. The smallest absolute Gasteiger partial charge is 0.369 e. The zero-order chi connectivity index (χ0) is 26.2. The summed E-state index contributed by atoms with van der Waals surface area (Å²) < 4.78 is 50.4. The van der Waals surface area contributed by atoms with Crippen LogP contribution in [0.25, 0.3) is 16.8 Å². The van der Waals surface area contributed by atoms with E-state index in [1.54, 1.807) is 27.7 Å². The molecule has 9 heteroatoms. The molecular formula is C27H34O7P2. The molecule has 0 aromatic heterocycles. The van der Waals surface area contributed by atoms with Gasteiger partial charge in [-0.25, -0.2) is 0 Å². The first-order valence-electron chi connectivity index (χ1n) is 12.1. The summed E-state index contributed by atoms with van der Waals surface area (Å²) in [6.45, 7) is 6.96. The van der Waals surface area contributed by atoms with Crippen LogP contribution in [0.2, 0.25) is 0 Å². The van der Waals surface area contributed by atoms with E-state index in [0.29, 0.717) is 22.9 Å². The van der Waals surface area contributed by atoms with Crippen LogP contribution in [0, 0.1) is 0 Å². The van der Waals surface area contributed by atoms with Crippen molar-refractivity contribution in [3.63, 3.8) is 0 Å². The highest BCUT2D eigenvalue weighted by molar-refractivity contribution is 7.79. The van der Waals surface area contributed by atoms with Crippen LogP contribution in [0.1, 0.15) is 44.4 Å². The van der Waals surface area contributed by atoms with Crippen molar-refractivity contribution in [2.45, 2.75) is 34.1 Å². The Bertz CT molecular complexity index is 1240. The fourth-order valence-electron chi connectivity index (χ4n) is 3.97. The van der Waals surface area contributed by atoms with E-state index in [2.05, 4.69) is 0 Å². The van der Waals surface area contributed by atoms with Gasteiger partial charge in [-0.05, 0) is 56.4 Å². The van der Waals surface area contributed by atoms with Gasteiger partial charge in [0.05, 0.1) is 26.4 Å². The number of aromatic hydroxyl groups is 1. The molecule has 0 saturated heterocycles. The lowest BCUT2D eigenvalue weighted by Crippen LogP contribution is -2.05. The fraction of sp³-hybridized carbons (Fsp3) is 0.333. The monoisotopic (exact) mass is 532 g/mol. The molecule has 36 heavy (non-hydrogen) atoms. The average molecular weight is 533 g/mol. The molecule has 1 N–H and O–H groups in total.